The van der Waals surface area contributed by atoms with Crippen molar-refractivity contribution in [3.05, 3.63) is 120 Å². The second kappa shape index (κ2) is 14.3. The fraction of sp³-hybridized carbons (Fsp3) is 0.188. The highest BCUT2D eigenvalue weighted by atomic mass is 32.2. The van der Waals surface area contributed by atoms with E-state index in [1.54, 1.807) is 26.2 Å². The fourth-order valence-electron chi connectivity index (χ4n) is 4.12. The number of rotatable bonds is 13. The van der Waals surface area contributed by atoms with Crippen molar-refractivity contribution in [2.24, 2.45) is 0 Å². The van der Waals surface area contributed by atoms with Gasteiger partial charge in [0.1, 0.15) is 23.4 Å². The molecule has 1 atom stereocenters. The first-order chi connectivity index (χ1) is 20.6. The summed E-state index contributed by atoms with van der Waals surface area (Å²) in [5.74, 6) is -0.259. The average Bonchev–Trinajstić information content (AvgIpc) is 3.03. The quantitative estimate of drug-likeness (QED) is 0.228. The van der Waals surface area contributed by atoms with Gasteiger partial charge in [0.05, 0.1) is 12.0 Å². The predicted octanol–water partition coefficient (Wildman–Crippen LogP) is 4.75. The van der Waals surface area contributed by atoms with Crippen molar-refractivity contribution in [2.45, 2.75) is 31.0 Å². The van der Waals surface area contributed by atoms with Crippen LogP contribution < -0.4 is 19.5 Å². The van der Waals surface area contributed by atoms with Crippen molar-refractivity contribution >= 4 is 27.5 Å². The third-order valence-corrected chi connectivity index (χ3v) is 7.98. The minimum atomic E-state index is -3.93. The fourth-order valence-corrected chi connectivity index (χ4v) is 5.18. The molecule has 0 bridgehead atoms. The number of benzene rings is 4. The van der Waals surface area contributed by atoms with Crippen LogP contribution in [0.3, 0.4) is 0 Å². The highest BCUT2D eigenvalue weighted by molar-refractivity contribution is 7.92. The van der Waals surface area contributed by atoms with Gasteiger partial charge >= 0.3 is 0 Å². The molecule has 0 saturated heterocycles. The summed E-state index contributed by atoms with van der Waals surface area (Å²) < 4.78 is 51.7. The molecule has 0 radical (unpaired) electrons. The summed E-state index contributed by atoms with van der Waals surface area (Å²) in [7, 11) is -2.35. The number of ether oxygens (including phenoxy) is 2. The summed E-state index contributed by atoms with van der Waals surface area (Å²) >= 11 is 0. The minimum Gasteiger partial charge on any atom is -0.497 e. The van der Waals surface area contributed by atoms with Gasteiger partial charge in [-0.2, -0.15) is 0 Å². The Morgan fingerprint density at radius 1 is 0.837 bits per heavy atom. The highest BCUT2D eigenvalue weighted by Crippen LogP contribution is 2.20. The number of carbonyl (C=O) groups is 2. The zero-order valence-electron chi connectivity index (χ0n) is 23.7. The molecule has 11 heteroatoms. The normalized spacial score (nSPS) is 11.7. The first kappa shape index (κ1) is 31.0. The van der Waals surface area contributed by atoms with Crippen LogP contribution in [0.2, 0.25) is 0 Å². The number of methoxy groups -OCH3 is 1. The summed E-state index contributed by atoms with van der Waals surface area (Å²) in [6, 6.07) is 26.3. The summed E-state index contributed by atoms with van der Waals surface area (Å²) in [5.41, 5.74) is 1.94. The SMILES string of the molecule is COc1ccc(CNC(=O)C(C)N(Cc2ccccc2)C(=O)COc2ccc(S(=O)(=O)Nc3ccc(F)cc3)cc2)cc1. The average molecular weight is 606 g/mol. The van der Waals surface area contributed by atoms with E-state index in [1.807, 2.05) is 42.5 Å². The first-order valence-corrected chi connectivity index (χ1v) is 14.9. The number of carbonyl (C=O) groups excluding carboxylic acids is 2. The van der Waals surface area contributed by atoms with Crippen LogP contribution in [0.15, 0.2) is 108 Å². The monoisotopic (exact) mass is 605 g/mol. The summed E-state index contributed by atoms with van der Waals surface area (Å²) in [6.45, 7) is 1.75. The largest absolute Gasteiger partial charge is 0.497 e. The minimum absolute atomic E-state index is 0.0386. The number of sulfonamides is 1. The number of hydrogen-bond acceptors (Lipinski definition) is 6. The van der Waals surface area contributed by atoms with E-state index in [2.05, 4.69) is 10.0 Å². The number of halogens is 1. The van der Waals surface area contributed by atoms with Crippen molar-refractivity contribution < 1.29 is 31.9 Å². The molecule has 0 aliphatic rings. The summed E-state index contributed by atoms with van der Waals surface area (Å²) in [5, 5.41) is 2.88. The van der Waals surface area contributed by atoms with Gasteiger partial charge in [0.25, 0.3) is 15.9 Å². The van der Waals surface area contributed by atoms with E-state index in [4.69, 9.17) is 9.47 Å². The van der Waals surface area contributed by atoms with Gasteiger partial charge in [0, 0.05) is 18.8 Å². The molecule has 0 aliphatic heterocycles. The predicted molar refractivity (Wildman–Crippen MR) is 160 cm³/mol. The Labute approximate surface area is 250 Å². The zero-order valence-corrected chi connectivity index (χ0v) is 24.5. The van der Waals surface area contributed by atoms with E-state index >= 15 is 0 Å². The first-order valence-electron chi connectivity index (χ1n) is 13.4. The van der Waals surface area contributed by atoms with E-state index in [0.717, 1.165) is 23.3 Å². The Morgan fingerprint density at radius 2 is 1.47 bits per heavy atom. The highest BCUT2D eigenvalue weighted by Gasteiger charge is 2.26. The Bertz CT molecular complexity index is 1610. The third kappa shape index (κ3) is 8.79. The lowest BCUT2D eigenvalue weighted by molar-refractivity contribution is -0.142. The van der Waals surface area contributed by atoms with Crippen LogP contribution in [0.1, 0.15) is 18.1 Å². The smallest absolute Gasteiger partial charge is 0.261 e. The Kier molecular flexibility index (Phi) is 10.3. The van der Waals surface area contributed by atoms with Crippen LogP contribution in [0.5, 0.6) is 11.5 Å². The second-order valence-corrected chi connectivity index (χ2v) is 11.3. The number of amides is 2. The molecule has 0 fully saturated rings. The molecular weight excluding hydrogens is 573 g/mol. The maximum absolute atomic E-state index is 13.3. The molecule has 4 aromatic rings. The number of hydrogen-bond donors (Lipinski definition) is 2. The Hall–Kier alpha value is -4.90. The maximum Gasteiger partial charge on any atom is 0.261 e. The van der Waals surface area contributed by atoms with Crippen molar-refractivity contribution in [2.75, 3.05) is 18.4 Å². The molecule has 224 valence electrons. The van der Waals surface area contributed by atoms with Crippen LogP contribution >= 0.6 is 0 Å². The van der Waals surface area contributed by atoms with Crippen molar-refractivity contribution in [3.63, 3.8) is 0 Å². The molecule has 0 aliphatic carbocycles. The summed E-state index contributed by atoms with van der Waals surface area (Å²) in [6.07, 6.45) is 0. The molecule has 0 aromatic heterocycles. The number of nitrogens with one attached hydrogen (secondary N) is 2. The molecule has 0 spiro atoms. The van der Waals surface area contributed by atoms with E-state index in [-0.39, 0.29) is 41.9 Å². The lowest BCUT2D eigenvalue weighted by Gasteiger charge is -2.28. The zero-order chi connectivity index (χ0) is 30.8. The number of nitrogens with zero attached hydrogens (tertiary/aromatic N) is 1. The van der Waals surface area contributed by atoms with Crippen LogP contribution in [0, 0.1) is 5.82 Å². The molecule has 9 nitrogen and oxygen atoms in total. The maximum atomic E-state index is 13.3. The molecule has 2 amide bonds. The van der Waals surface area contributed by atoms with Crippen molar-refractivity contribution in [3.8, 4) is 11.5 Å². The van der Waals surface area contributed by atoms with Gasteiger partial charge in [0.15, 0.2) is 6.61 Å². The third-order valence-electron chi connectivity index (χ3n) is 6.58. The van der Waals surface area contributed by atoms with Crippen molar-refractivity contribution in [1.82, 2.24) is 10.2 Å². The van der Waals surface area contributed by atoms with Crippen molar-refractivity contribution in [1.29, 1.82) is 0 Å². The van der Waals surface area contributed by atoms with Crippen LogP contribution in [-0.2, 0) is 32.7 Å². The van der Waals surface area contributed by atoms with E-state index in [0.29, 0.717) is 5.75 Å². The topological polar surface area (TPSA) is 114 Å². The van der Waals surface area contributed by atoms with Crippen LogP contribution in [-0.4, -0.2) is 44.9 Å². The molecular formula is C32H32FN3O6S. The molecule has 0 saturated carbocycles. The van der Waals surface area contributed by atoms with Crippen LogP contribution in [0.25, 0.3) is 0 Å². The summed E-state index contributed by atoms with van der Waals surface area (Å²) in [4.78, 5) is 27.8. The number of anilines is 1. The Morgan fingerprint density at radius 3 is 2.09 bits per heavy atom. The van der Waals surface area contributed by atoms with Gasteiger partial charge in [-0.3, -0.25) is 14.3 Å². The Balaban J connectivity index is 1.39. The molecule has 43 heavy (non-hydrogen) atoms. The second-order valence-electron chi connectivity index (χ2n) is 9.62. The van der Waals surface area contributed by atoms with Gasteiger partial charge in [-0.15, -0.1) is 0 Å². The van der Waals surface area contributed by atoms with Gasteiger partial charge in [-0.25, -0.2) is 12.8 Å². The molecule has 4 rings (SSSR count). The van der Waals surface area contributed by atoms with Gasteiger partial charge in [-0.05, 0) is 78.7 Å². The van der Waals surface area contributed by atoms with E-state index in [9.17, 15) is 22.4 Å². The molecule has 1 unspecified atom stereocenters. The molecule has 2 N–H and O–H groups in total. The van der Waals surface area contributed by atoms with E-state index in [1.165, 1.54) is 41.3 Å². The molecule has 0 heterocycles. The standard InChI is InChI=1S/C32H32FN3O6S/c1-23(32(38)34-20-24-8-14-28(41-2)15-9-24)36(21-25-6-4-3-5-7-25)31(37)22-42-29-16-18-30(19-17-29)43(39,40)35-27-12-10-26(33)11-13-27/h3-19,23,35H,20-22H2,1-2H3,(H,34,38). The lowest BCUT2D eigenvalue weighted by atomic mass is 10.1. The van der Waals surface area contributed by atoms with Gasteiger partial charge in [0.2, 0.25) is 5.91 Å². The van der Waals surface area contributed by atoms with Gasteiger partial charge < -0.3 is 19.7 Å². The lowest BCUT2D eigenvalue weighted by Crippen LogP contribution is -2.48. The molecule has 4 aromatic carbocycles. The van der Waals surface area contributed by atoms with Gasteiger partial charge in [-0.1, -0.05) is 42.5 Å². The van der Waals surface area contributed by atoms with Crippen LogP contribution in [0.4, 0.5) is 10.1 Å². The van der Waals surface area contributed by atoms with E-state index < -0.39 is 27.8 Å².